The molecule has 1 heterocycles. The van der Waals surface area contributed by atoms with Crippen molar-refractivity contribution in [3.63, 3.8) is 0 Å². The molecule has 0 aromatic heterocycles. The van der Waals surface area contributed by atoms with Crippen LogP contribution < -0.4 is 20.1 Å². The van der Waals surface area contributed by atoms with Gasteiger partial charge in [-0.15, -0.1) is 0 Å². The van der Waals surface area contributed by atoms with Gasteiger partial charge < -0.3 is 19.5 Å². The van der Waals surface area contributed by atoms with E-state index in [2.05, 4.69) is 10.6 Å². The van der Waals surface area contributed by atoms with Crippen LogP contribution in [-0.2, 0) is 20.7 Å². The Balaban J connectivity index is 1.42. The van der Waals surface area contributed by atoms with Gasteiger partial charge in [0.1, 0.15) is 18.1 Å². The Bertz CT molecular complexity index is 865. The number of carbonyl (C=O) groups excluding carboxylic acids is 3. The number of rotatable bonds is 5. The SMILES string of the molecule is COc1ccc(NC(=O)NC(=O)COC(=O)C2COc3ccccc3C2)cc1. The molecule has 0 radical (unpaired) electrons. The maximum Gasteiger partial charge on any atom is 0.325 e. The Kier molecular flexibility index (Phi) is 6.11. The van der Waals surface area contributed by atoms with Crippen LogP contribution in [-0.4, -0.2) is 38.2 Å². The Morgan fingerprint density at radius 1 is 1.11 bits per heavy atom. The van der Waals surface area contributed by atoms with E-state index in [1.165, 1.54) is 7.11 Å². The number of amides is 3. The summed E-state index contributed by atoms with van der Waals surface area (Å²) >= 11 is 0. The van der Waals surface area contributed by atoms with Gasteiger partial charge in [0, 0.05) is 5.69 Å². The maximum atomic E-state index is 12.2. The lowest BCUT2D eigenvalue weighted by Crippen LogP contribution is -2.38. The highest BCUT2D eigenvalue weighted by Gasteiger charge is 2.27. The minimum atomic E-state index is -0.725. The average Bonchev–Trinajstić information content (AvgIpc) is 2.72. The number of ether oxygens (including phenoxy) is 3. The van der Waals surface area contributed by atoms with Gasteiger partial charge in [0.15, 0.2) is 6.61 Å². The quantitative estimate of drug-likeness (QED) is 0.766. The molecule has 1 aliphatic rings. The number of hydrogen-bond acceptors (Lipinski definition) is 6. The summed E-state index contributed by atoms with van der Waals surface area (Å²) in [5.74, 6) is -0.365. The van der Waals surface area contributed by atoms with Gasteiger partial charge in [0.25, 0.3) is 5.91 Å². The monoisotopic (exact) mass is 384 g/mol. The molecule has 0 aliphatic carbocycles. The number of anilines is 1. The number of methoxy groups -OCH3 is 1. The number of carbonyl (C=O) groups is 3. The second-order valence-corrected chi connectivity index (χ2v) is 6.16. The lowest BCUT2D eigenvalue weighted by molar-refractivity contribution is -0.153. The highest BCUT2D eigenvalue weighted by molar-refractivity contribution is 6.01. The van der Waals surface area contributed by atoms with Gasteiger partial charge >= 0.3 is 12.0 Å². The molecular formula is C20H20N2O6. The number of nitrogens with one attached hydrogen (secondary N) is 2. The molecule has 0 saturated heterocycles. The standard InChI is InChI=1S/C20H20N2O6/c1-26-16-8-6-15(7-9-16)21-20(25)22-18(23)12-28-19(24)14-10-13-4-2-3-5-17(13)27-11-14/h2-9,14H,10-12H2,1H3,(H2,21,22,23,25). The van der Waals surface area contributed by atoms with Gasteiger partial charge in [-0.2, -0.15) is 0 Å². The van der Waals surface area contributed by atoms with E-state index < -0.39 is 30.4 Å². The van der Waals surface area contributed by atoms with Crippen LogP contribution in [0, 0.1) is 5.92 Å². The Hall–Kier alpha value is -3.55. The first-order chi connectivity index (χ1) is 13.5. The molecule has 0 fully saturated rings. The molecule has 0 saturated carbocycles. The van der Waals surface area contributed by atoms with E-state index >= 15 is 0 Å². The number of benzene rings is 2. The summed E-state index contributed by atoms with van der Waals surface area (Å²) in [4.78, 5) is 35.8. The van der Waals surface area contributed by atoms with Gasteiger partial charge in [-0.3, -0.25) is 14.9 Å². The third kappa shape index (κ3) is 5.00. The second kappa shape index (κ2) is 8.90. The number of fused-ring (bicyclic) bond motifs is 1. The minimum Gasteiger partial charge on any atom is -0.497 e. The molecular weight excluding hydrogens is 364 g/mol. The second-order valence-electron chi connectivity index (χ2n) is 6.16. The van der Waals surface area contributed by atoms with Crippen molar-refractivity contribution in [1.29, 1.82) is 0 Å². The van der Waals surface area contributed by atoms with Crippen molar-refractivity contribution in [3.8, 4) is 11.5 Å². The van der Waals surface area contributed by atoms with Crippen molar-refractivity contribution in [1.82, 2.24) is 5.32 Å². The average molecular weight is 384 g/mol. The zero-order chi connectivity index (χ0) is 19.9. The number of esters is 1. The molecule has 2 aromatic carbocycles. The van der Waals surface area contributed by atoms with Crippen molar-refractivity contribution in [2.24, 2.45) is 5.92 Å². The maximum absolute atomic E-state index is 12.2. The van der Waals surface area contributed by atoms with Gasteiger partial charge in [-0.25, -0.2) is 4.79 Å². The molecule has 0 bridgehead atoms. The largest absolute Gasteiger partial charge is 0.497 e. The molecule has 3 amide bonds. The molecule has 1 atom stereocenters. The fourth-order valence-electron chi connectivity index (χ4n) is 2.73. The summed E-state index contributed by atoms with van der Waals surface area (Å²) < 4.78 is 15.6. The lowest BCUT2D eigenvalue weighted by Gasteiger charge is -2.23. The molecule has 3 rings (SSSR count). The third-order valence-electron chi connectivity index (χ3n) is 4.16. The van der Waals surface area contributed by atoms with E-state index in [1.807, 2.05) is 24.3 Å². The normalized spacial score (nSPS) is 14.8. The lowest BCUT2D eigenvalue weighted by atomic mass is 9.97. The topological polar surface area (TPSA) is 103 Å². The molecule has 1 unspecified atom stereocenters. The molecule has 146 valence electrons. The van der Waals surface area contributed by atoms with E-state index in [1.54, 1.807) is 24.3 Å². The third-order valence-corrected chi connectivity index (χ3v) is 4.16. The molecule has 2 N–H and O–H groups in total. The van der Waals surface area contributed by atoms with Crippen LogP contribution in [0.15, 0.2) is 48.5 Å². The van der Waals surface area contributed by atoms with Gasteiger partial charge in [0.2, 0.25) is 0 Å². The number of urea groups is 1. The molecule has 0 spiro atoms. The highest BCUT2D eigenvalue weighted by Crippen LogP contribution is 2.27. The van der Waals surface area contributed by atoms with Crippen LogP contribution in [0.3, 0.4) is 0 Å². The van der Waals surface area contributed by atoms with Crippen LogP contribution in [0.4, 0.5) is 10.5 Å². The zero-order valence-corrected chi connectivity index (χ0v) is 15.3. The summed E-state index contributed by atoms with van der Waals surface area (Å²) in [7, 11) is 1.54. The number of para-hydroxylation sites is 1. The molecule has 2 aromatic rings. The van der Waals surface area contributed by atoms with Crippen LogP contribution in [0.25, 0.3) is 0 Å². The first-order valence-corrected chi connectivity index (χ1v) is 8.67. The summed E-state index contributed by atoms with van der Waals surface area (Å²) in [6.45, 7) is -0.359. The van der Waals surface area contributed by atoms with Crippen molar-refractivity contribution in [2.45, 2.75) is 6.42 Å². The van der Waals surface area contributed by atoms with Gasteiger partial charge in [-0.1, -0.05) is 18.2 Å². The van der Waals surface area contributed by atoms with E-state index in [0.717, 1.165) is 11.3 Å². The zero-order valence-electron chi connectivity index (χ0n) is 15.3. The Labute approximate surface area is 161 Å². The fourth-order valence-corrected chi connectivity index (χ4v) is 2.73. The molecule has 1 aliphatic heterocycles. The van der Waals surface area contributed by atoms with Crippen LogP contribution >= 0.6 is 0 Å². The van der Waals surface area contributed by atoms with Crippen molar-refractivity contribution in [2.75, 3.05) is 25.6 Å². The highest BCUT2D eigenvalue weighted by atomic mass is 16.5. The molecule has 8 heteroatoms. The van der Waals surface area contributed by atoms with E-state index in [-0.39, 0.29) is 6.61 Å². The van der Waals surface area contributed by atoms with Gasteiger partial charge in [0.05, 0.1) is 13.0 Å². The predicted molar refractivity (Wildman–Crippen MR) is 100 cm³/mol. The number of imide groups is 1. The predicted octanol–water partition coefficient (Wildman–Crippen LogP) is 2.14. The van der Waals surface area contributed by atoms with E-state index in [0.29, 0.717) is 17.9 Å². The van der Waals surface area contributed by atoms with Gasteiger partial charge in [-0.05, 0) is 42.3 Å². The molecule has 28 heavy (non-hydrogen) atoms. The smallest absolute Gasteiger partial charge is 0.325 e. The van der Waals surface area contributed by atoms with Crippen molar-refractivity contribution >= 4 is 23.6 Å². The summed E-state index contributed by atoms with van der Waals surface area (Å²) in [5.41, 5.74) is 1.40. The Morgan fingerprint density at radius 3 is 2.61 bits per heavy atom. The summed E-state index contributed by atoms with van der Waals surface area (Å²) in [6, 6.07) is 13.3. The molecule has 8 nitrogen and oxygen atoms in total. The summed E-state index contributed by atoms with van der Waals surface area (Å²) in [5, 5.41) is 4.60. The fraction of sp³-hybridized carbons (Fsp3) is 0.250. The van der Waals surface area contributed by atoms with E-state index in [9.17, 15) is 14.4 Å². The van der Waals surface area contributed by atoms with Crippen molar-refractivity contribution in [3.05, 3.63) is 54.1 Å². The van der Waals surface area contributed by atoms with Crippen LogP contribution in [0.5, 0.6) is 11.5 Å². The Morgan fingerprint density at radius 2 is 1.86 bits per heavy atom. The number of hydrogen-bond donors (Lipinski definition) is 2. The van der Waals surface area contributed by atoms with Crippen molar-refractivity contribution < 1.29 is 28.6 Å². The van der Waals surface area contributed by atoms with Crippen LogP contribution in [0.1, 0.15) is 5.56 Å². The first-order valence-electron chi connectivity index (χ1n) is 8.67. The first kappa shape index (κ1) is 19.2. The van der Waals surface area contributed by atoms with E-state index in [4.69, 9.17) is 14.2 Å². The van der Waals surface area contributed by atoms with Crippen LogP contribution in [0.2, 0.25) is 0 Å². The minimum absolute atomic E-state index is 0.190. The summed E-state index contributed by atoms with van der Waals surface area (Å²) in [6.07, 6.45) is 0.481.